The van der Waals surface area contributed by atoms with E-state index < -0.39 is 6.10 Å². The molecule has 2 rings (SSSR count). The van der Waals surface area contributed by atoms with Crippen LogP contribution in [0.25, 0.3) is 0 Å². The van der Waals surface area contributed by atoms with E-state index >= 15 is 0 Å². The number of methoxy groups -OCH3 is 1. The lowest BCUT2D eigenvalue weighted by atomic mass is 10.1. The van der Waals surface area contributed by atoms with Crippen LogP contribution in [0, 0.1) is 5.92 Å². The quantitative estimate of drug-likeness (QED) is 0.384. The molecule has 136 valence electrons. The summed E-state index contributed by atoms with van der Waals surface area (Å²) in [5, 5.41) is 14.3. The zero-order valence-electron chi connectivity index (χ0n) is 14.2. The maximum Gasteiger partial charge on any atom is 0.194 e. The van der Waals surface area contributed by atoms with Crippen LogP contribution in [0.5, 0.6) is 0 Å². The maximum atomic E-state index is 10.3. The van der Waals surface area contributed by atoms with Crippen LogP contribution in [-0.2, 0) is 4.74 Å². The summed E-state index contributed by atoms with van der Waals surface area (Å²) >= 11 is 5.87. The van der Waals surface area contributed by atoms with E-state index in [0.717, 1.165) is 44.2 Å². The van der Waals surface area contributed by atoms with Gasteiger partial charge >= 0.3 is 0 Å². The van der Waals surface area contributed by atoms with Crippen molar-refractivity contribution >= 4 is 41.5 Å². The second-order valence-electron chi connectivity index (χ2n) is 5.82. The second-order valence-corrected chi connectivity index (χ2v) is 6.25. The number of ether oxygens (including phenoxy) is 1. The third-order valence-corrected chi connectivity index (χ3v) is 4.24. The van der Waals surface area contributed by atoms with Crippen LogP contribution in [0.2, 0.25) is 5.02 Å². The summed E-state index contributed by atoms with van der Waals surface area (Å²) in [5.74, 6) is 1.41. The number of hydrogen-bond acceptors (Lipinski definition) is 3. The van der Waals surface area contributed by atoms with E-state index in [1.165, 1.54) is 0 Å². The molecule has 1 aliphatic rings. The summed E-state index contributed by atoms with van der Waals surface area (Å²) in [5.41, 5.74) is 0.827. The highest BCUT2D eigenvalue weighted by Crippen LogP contribution is 2.18. The third-order valence-electron chi connectivity index (χ3n) is 3.99. The number of likely N-dealkylation sites (tertiary alicyclic amines) is 1. The molecule has 1 aromatic rings. The SMILES string of the molecule is CCNC(=NCC(O)c1ccc(Cl)cc1)N1CCC(COC)C1.I. The molecule has 2 atom stereocenters. The molecule has 0 aliphatic carbocycles. The summed E-state index contributed by atoms with van der Waals surface area (Å²) in [6.45, 7) is 5.88. The van der Waals surface area contributed by atoms with Gasteiger partial charge in [-0.2, -0.15) is 0 Å². The Labute approximate surface area is 166 Å². The Morgan fingerprint density at radius 1 is 1.46 bits per heavy atom. The fourth-order valence-electron chi connectivity index (χ4n) is 2.79. The molecule has 0 saturated carbocycles. The fourth-order valence-corrected chi connectivity index (χ4v) is 2.91. The van der Waals surface area contributed by atoms with Gasteiger partial charge in [0.25, 0.3) is 0 Å². The van der Waals surface area contributed by atoms with Crippen LogP contribution in [0.4, 0.5) is 0 Å². The number of aliphatic imine (C=N–C) groups is 1. The van der Waals surface area contributed by atoms with Crippen molar-refractivity contribution in [1.29, 1.82) is 0 Å². The largest absolute Gasteiger partial charge is 0.386 e. The molecule has 1 aliphatic heterocycles. The Balaban J connectivity index is 0.00000288. The number of nitrogens with one attached hydrogen (secondary N) is 1. The Bertz CT molecular complexity index is 513. The molecule has 2 unspecified atom stereocenters. The molecule has 0 bridgehead atoms. The van der Waals surface area contributed by atoms with E-state index in [1.54, 1.807) is 19.2 Å². The summed E-state index contributed by atoms with van der Waals surface area (Å²) in [6.07, 6.45) is 0.483. The van der Waals surface area contributed by atoms with Crippen molar-refractivity contribution in [3.8, 4) is 0 Å². The van der Waals surface area contributed by atoms with Crippen LogP contribution >= 0.6 is 35.6 Å². The van der Waals surface area contributed by atoms with Gasteiger partial charge in [0, 0.05) is 37.7 Å². The van der Waals surface area contributed by atoms with Gasteiger partial charge in [-0.3, -0.25) is 4.99 Å². The average molecular weight is 468 g/mol. The first-order valence-electron chi connectivity index (χ1n) is 8.09. The van der Waals surface area contributed by atoms with Gasteiger partial charge in [0.05, 0.1) is 19.3 Å². The highest BCUT2D eigenvalue weighted by Gasteiger charge is 2.24. The lowest BCUT2D eigenvalue weighted by Crippen LogP contribution is -2.40. The number of rotatable bonds is 6. The van der Waals surface area contributed by atoms with Gasteiger partial charge < -0.3 is 20.1 Å². The molecule has 0 spiro atoms. The maximum absolute atomic E-state index is 10.3. The molecule has 5 nitrogen and oxygen atoms in total. The van der Waals surface area contributed by atoms with Crippen molar-refractivity contribution in [3.05, 3.63) is 34.9 Å². The Kier molecular flexibility index (Phi) is 9.95. The predicted octanol–water partition coefficient (Wildman–Crippen LogP) is 2.93. The van der Waals surface area contributed by atoms with E-state index in [4.69, 9.17) is 16.3 Å². The van der Waals surface area contributed by atoms with Crippen molar-refractivity contribution in [3.63, 3.8) is 0 Å². The minimum atomic E-state index is -0.627. The normalized spacial score (nSPS) is 19.1. The molecular formula is C17H27ClIN3O2. The van der Waals surface area contributed by atoms with E-state index in [2.05, 4.69) is 15.2 Å². The molecule has 0 aromatic heterocycles. The first-order chi connectivity index (χ1) is 11.1. The van der Waals surface area contributed by atoms with E-state index in [9.17, 15) is 5.11 Å². The highest BCUT2D eigenvalue weighted by atomic mass is 127. The Morgan fingerprint density at radius 2 is 2.17 bits per heavy atom. The van der Waals surface area contributed by atoms with Gasteiger partial charge in [0.1, 0.15) is 0 Å². The van der Waals surface area contributed by atoms with Crippen molar-refractivity contribution in [2.24, 2.45) is 10.9 Å². The molecule has 1 aromatic carbocycles. The first-order valence-corrected chi connectivity index (χ1v) is 8.47. The topological polar surface area (TPSA) is 57.1 Å². The standard InChI is InChI=1S/C17H26ClN3O2.HI/c1-3-19-17(21-9-8-13(11-21)12-23-2)20-10-16(22)14-4-6-15(18)7-5-14;/h4-7,13,16,22H,3,8-12H2,1-2H3,(H,19,20);1H. The summed E-state index contributed by atoms with van der Waals surface area (Å²) in [6, 6.07) is 7.23. The zero-order valence-corrected chi connectivity index (χ0v) is 17.3. The van der Waals surface area contributed by atoms with E-state index in [1.807, 2.05) is 19.1 Å². The van der Waals surface area contributed by atoms with Crippen molar-refractivity contribution in [1.82, 2.24) is 10.2 Å². The number of hydrogen-bond donors (Lipinski definition) is 2. The van der Waals surface area contributed by atoms with Crippen LogP contribution in [0.1, 0.15) is 25.0 Å². The van der Waals surface area contributed by atoms with E-state index in [-0.39, 0.29) is 24.0 Å². The smallest absolute Gasteiger partial charge is 0.194 e. The van der Waals surface area contributed by atoms with Crippen LogP contribution < -0.4 is 5.32 Å². The third kappa shape index (κ3) is 6.38. The van der Waals surface area contributed by atoms with Crippen molar-refractivity contribution < 1.29 is 9.84 Å². The number of guanidine groups is 1. The summed E-state index contributed by atoms with van der Waals surface area (Å²) in [7, 11) is 1.74. The molecule has 1 heterocycles. The van der Waals surface area contributed by atoms with Gasteiger partial charge in [-0.1, -0.05) is 23.7 Å². The summed E-state index contributed by atoms with van der Waals surface area (Å²) < 4.78 is 5.24. The predicted molar refractivity (Wildman–Crippen MR) is 109 cm³/mol. The number of nitrogens with zero attached hydrogens (tertiary/aromatic N) is 2. The van der Waals surface area contributed by atoms with Gasteiger partial charge in [-0.25, -0.2) is 0 Å². The van der Waals surface area contributed by atoms with Crippen LogP contribution in [0.15, 0.2) is 29.3 Å². The van der Waals surface area contributed by atoms with Crippen molar-refractivity contribution in [2.75, 3.05) is 39.9 Å². The molecule has 7 heteroatoms. The fraction of sp³-hybridized carbons (Fsp3) is 0.588. The van der Waals surface area contributed by atoms with Crippen LogP contribution in [-0.4, -0.2) is 55.9 Å². The molecule has 0 radical (unpaired) electrons. The molecule has 24 heavy (non-hydrogen) atoms. The number of aliphatic hydroxyl groups excluding tert-OH is 1. The minimum Gasteiger partial charge on any atom is -0.386 e. The second kappa shape index (κ2) is 11.1. The van der Waals surface area contributed by atoms with Crippen LogP contribution in [0.3, 0.4) is 0 Å². The molecular weight excluding hydrogens is 441 g/mol. The molecule has 1 saturated heterocycles. The molecule has 0 amide bonds. The lowest BCUT2D eigenvalue weighted by Gasteiger charge is -2.22. The lowest BCUT2D eigenvalue weighted by molar-refractivity contribution is 0.157. The number of benzene rings is 1. The summed E-state index contributed by atoms with van der Waals surface area (Å²) in [4.78, 5) is 6.83. The molecule has 1 fully saturated rings. The highest BCUT2D eigenvalue weighted by molar-refractivity contribution is 14.0. The molecule has 2 N–H and O–H groups in total. The zero-order chi connectivity index (χ0) is 16.7. The minimum absolute atomic E-state index is 0. The number of aliphatic hydroxyl groups is 1. The average Bonchev–Trinajstić information content (AvgIpc) is 3.00. The van der Waals surface area contributed by atoms with Gasteiger partial charge in [0.2, 0.25) is 0 Å². The Hall–Kier alpha value is -0.570. The Morgan fingerprint density at radius 3 is 2.79 bits per heavy atom. The van der Waals surface area contributed by atoms with Gasteiger partial charge in [0.15, 0.2) is 5.96 Å². The first kappa shape index (κ1) is 21.5. The van der Waals surface area contributed by atoms with Gasteiger partial charge in [-0.15, -0.1) is 24.0 Å². The van der Waals surface area contributed by atoms with Crippen molar-refractivity contribution in [2.45, 2.75) is 19.4 Å². The monoisotopic (exact) mass is 467 g/mol. The van der Waals surface area contributed by atoms with Gasteiger partial charge in [-0.05, 0) is 31.0 Å². The number of halogens is 2. The van der Waals surface area contributed by atoms with E-state index in [0.29, 0.717) is 17.5 Å².